The van der Waals surface area contributed by atoms with Gasteiger partial charge in [-0.25, -0.2) is 0 Å². The Hall–Kier alpha value is -4.17. The minimum absolute atomic E-state index is 0.0544. The van der Waals surface area contributed by atoms with Gasteiger partial charge in [0.15, 0.2) is 12.2 Å². The Bertz CT molecular complexity index is 1610. The summed E-state index contributed by atoms with van der Waals surface area (Å²) < 4.78 is 7.92. The Balaban J connectivity index is 1.43. The zero-order valence-corrected chi connectivity index (χ0v) is 25.2. The summed E-state index contributed by atoms with van der Waals surface area (Å²) in [4.78, 5) is 42.9. The lowest BCUT2D eigenvalue weighted by atomic mass is 10.1. The third-order valence-electron chi connectivity index (χ3n) is 6.61. The number of hydrogen-bond acceptors (Lipinski definition) is 6. The molecule has 0 spiro atoms. The van der Waals surface area contributed by atoms with Crippen molar-refractivity contribution in [3.63, 3.8) is 0 Å². The molecule has 3 amide bonds. The van der Waals surface area contributed by atoms with E-state index in [4.69, 9.17) is 16.7 Å². The van der Waals surface area contributed by atoms with E-state index in [1.807, 2.05) is 49.4 Å². The molecule has 1 aliphatic rings. The zero-order valence-electron chi connectivity index (χ0n) is 22.2. The Morgan fingerprint density at radius 2 is 1.71 bits per heavy atom. The van der Waals surface area contributed by atoms with Crippen LogP contribution in [-0.2, 0) is 23.2 Å². The second kappa shape index (κ2) is 12.1. The number of thiocarbonyl (C=S) groups is 1. The van der Waals surface area contributed by atoms with Crippen LogP contribution in [0.2, 0.25) is 0 Å². The van der Waals surface area contributed by atoms with Crippen LogP contribution in [0.4, 0.5) is 17.3 Å². The maximum Gasteiger partial charge on any atom is 0.307 e. The lowest BCUT2D eigenvalue weighted by Crippen LogP contribution is -2.43. The van der Waals surface area contributed by atoms with E-state index >= 15 is 0 Å². The second-order valence-electron chi connectivity index (χ2n) is 9.49. The van der Waals surface area contributed by atoms with Crippen LogP contribution < -0.4 is 20.2 Å². The Morgan fingerprint density at radius 1 is 1.02 bits per heavy atom. The van der Waals surface area contributed by atoms with Crippen LogP contribution in [0, 0.1) is 10.5 Å². The summed E-state index contributed by atoms with van der Waals surface area (Å²) in [6.07, 6.45) is -0.145. The molecule has 0 bridgehead atoms. The highest BCUT2D eigenvalue weighted by molar-refractivity contribution is 14.1. The number of rotatable bonds is 8. The van der Waals surface area contributed by atoms with Crippen LogP contribution in [-0.4, -0.2) is 39.0 Å². The molecule has 1 aromatic heterocycles. The fraction of sp³-hybridized carbons (Fsp3) is 0.172. The number of aromatic nitrogens is 2. The first-order chi connectivity index (χ1) is 19.7. The molecule has 1 atom stereocenters. The predicted molar refractivity (Wildman–Crippen MR) is 165 cm³/mol. The number of nitrogens with one attached hydrogen (secondary N) is 2. The van der Waals surface area contributed by atoms with Crippen molar-refractivity contribution in [1.29, 1.82) is 0 Å². The average molecular weight is 682 g/mol. The summed E-state index contributed by atoms with van der Waals surface area (Å²) in [5.41, 5.74) is 3.18. The summed E-state index contributed by atoms with van der Waals surface area (Å²) in [6, 6.07) is 22.6. The highest BCUT2D eigenvalue weighted by Gasteiger charge is 2.46. The number of carbonyl (C=O) groups is 3. The SMILES string of the molecule is Cc1ccc(N2C(=O)C(CC(=O)Nc3ccc(I)cc3)N(Cc3c(NC(=O)c4ccccc4)on[n+]3C)C2=S)cc1. The molecule has 10 nitrogen and oxygen atoms in total. The van der Waals surface area contributed by atoms with E-state index in [1.54, 1.807) is 48.3 Å². The molecule has 0 radical (unpaired) electrons. The Morgan fingerprint density at radius 3 is 2.39 bits per heavy atom. The highest BCUT2D eigenvalue weighted by Crippen LogP contribution is 2.30. The van der Waals surface area contributed by atoms with Gasteiger partial charge in [0.1, 0.15) is 12.6 Å². The van der Waals surface area contributed by atoms with E-state index < -0.39 is 6.04 Å². The van der Waals surface area contributed by atoms with Gasteiger partial charge in [-0.3, -0.25) is 29.1 Å². The molecule has 3 aromatic carbocycles. The van der Waals surface area contributed by atoms with E-state index in [2.05, 4.69) is 38.5 Å². The maximum atomic E-state index is 13.8. The van der Waals surface area contributed by atoms with Crippen LogP contribution >= 0.6 is 34.8 Å². The van der Waals surface area contributed by atoms with Crippen molar-refractivity contribution in [3.05, 3.63) is 99.3 Å². The van der Waals surface area contributed by atoms with Gasteiger partial charge < -0.3 is 10.2 Å². The van der Waals surface area contributed by atoms with Gasteiger partial charge in [0.2, 0.25) is 11.2 Å². The minimum atomic E-state index is -0.903. The number of anilines is 3. The Labute approximate surface area is 255 Å². The molecule has 2 N–H and O–H groups in total. The van der Waals surface area contributed by atoms with Crippen LogP contribution in [0.25, 0.3) is 0 Å². The van der Waals surface area contributed by atoms with Gasteiger partial charge in [0.25, 0.3) is 17.5 Å². The molecule has 2 heterocycles. The summed E-state index contributed by atoms with van der Waals surface area (Å²) in [5, 5.41) is 9.81. The van der Waals surface area contributed by atoms with Crippen LogP contribution in [0.1, 0.15) is 28.0 Å². The molecule has 1 fully saturated rings. The summed E-state index contributed by atoms with van der Waals surface area (Å²) in [5.74, 6) is -0.924. The number of aryl methyl sites for hydroxylation is 2. The molecule has 1 aliphatic heterocycles. The van der Waals surface area contributed by atoms with Crippen molar-refractivity contribution >= 4 is 74.9 Å². The first-order valence-electron chi connectivity index (χ1n) is 12.7. The Kier molecular flexibility index (Phi) is 8.40. The number of benzene rings is 3. The number of hydrogen-bond donors (Lipinski definition) is 2. The fourth-order valence-corrected chi connectivity index (χ4v) is 5.16. The summed E-state index contributed by atoms with van der Waals surface area (Å²) >= 11 is 7.99. The van der Waals surface area contributed by atoms with Gasteiger partial charge in [-0.1, -0.05) is 35.9 Å². The van der Waals surface area contributed by atoms with Crippen LogP contribution in [0.5, 0.6) is 0 Å². The van der Waals surface area contributed by atoms with Gasteiger partial charge in [-0.15, -0.1) is 0 Å². The summed E-state index contributed by atoms with van der Waals surface area (Å²) in [6.45, 7) is 2.01. The molecule has 0 saturated carbocycles. The van der Waals surface area contributed by atoms with E-state index in [9.17, 15) is 14.4 Å². The van der Waals surface area contributed by atoms with E-state index in [1.165, 1.54) is 9.58 Å². The van der Waals surface area contributed by atoms with Crippen molar-refractivity contribution in [1.82, 2.24) is 10.2 Å². The molecule has 5 rings (SSSR count). The molecule has 1 saturated heterocycles. The largest absolute Gasteiger partial charge is 0.326 e. The molecule has 41 heavy (non-hydrogen) atoms. The lowest BCUT2D eigenvalue weighted by molar-refractivity contribution is -0.746. The number of amides is 3. The molecular formula is C29H26IN6O4S+. The maximum absolute atomic E-state index is 13.8. The van der Waals surface area contributed by atoms with Gasteiger partial charge in [0, 0.05) is 14.8 Å². The fourth-order valence-electron chi connectivity index (χ4n) is 4.41. The van der Waals surface area contributed by atoms with Crippen LogP contribution in [0.15, 0.2) is 83.4 Å². The number of halogens is 1. The second-order valence-corrected chi connectivity index (χ2v) is 11.1. The minimum Gasteiger partial charge on any atom is -0.326 e. The number of carbonyl (C=O) groups excluding carboxylic acids is 3. The highest BCUT2D eigenvalue weighted by atomic mass is 127. The van der Waals surface area contributed by atoms with Crippen molar-refractivity contribution in [3.8, 4) is 0 Å². The smallest absolute Gasteiger partial charge is 0.307 e. The van der Waals surface area contributed by atoms with Gasteiger partial charge in [-0.05, 0) is 94.9 Å². The third kappa shape index (κ3) is 6.28. The monoisotopic (exact) mass is 681 g/mol. The normalized spacial score (nSPS) is 14.9. The van der Waals surface area contributed by atoms with Gasteiger partial charge >= 0.3 is 5.88 Å². The topological polar surface area (TPSA) is 112 Å². The quantitative estimate of drug-likeness (QED) is 0.163. The first-order valence-corrected chi connectivity index (χ1v) is 14.2. The third-order valence-corrected chi connectivity index (χ3v) is 7.74. The van der Waals surface area contributed by atoms with Crippen molar-refractivity contribution in [2.24, 2.45) is 7.05 Å². The van der Waals surface area contributed by atoms with E-state index in [0.717, 1.165) is 9.13 Å². The molecule has 1 unspecified atom stereocenters. The summed E-state index contributed by atoms with van der Waals surface area (Å²) in [7, 11) is 1.66. The van der Waals surface area contributed by atoms with Crippen LogP contribution in [0.3, 0.4) is 0 Å². The van der Waals surface area contributed by atoms with E-state index in [0.29, 0.717) is 22.6 Å². The van der Waals surface area contributed by atoms with E-state index in [-0.39, 0.29) is 41.7 Å². The zero-order chi connectivity index (χ0) is 29.1. The molecule has 12 heteroatoms. The standard InChI is InChI=1S/C29H25IN6O4S/c1-18-8-14-22(15-9-18)36-28(39)23(16-25(37)31-21-12-10-20(30)11-13-21)35(29(36)41)17-24-27(40-33-34(24)2)32-26(38)19-6-4-3-5-7-19/h3-15,23H,16-17H2,1-2H3,(H-,31,32,33,37,38)/p+1. The molecule has 0 aliphatic carbocycles. The first kappa shape index (κ1) is 28.4. The molecule has 208 valence electrons. The van der Waals surface area contributed by atoms with Gasteiger partial charge in [-0.2, -0.15) is 0 Å². The lowest BCUT2D eigenvalue weighted by Gasteiger charge is -2.22. The molecular weight excluding hydrogens is 655 g/mol. The predicted octanol–water partition coefficient (Wildman–Crippen LogP) is 4.20. The molecule has 4 aromatic rings. The van der Waals surface area contributed by atoms with Crippen molar-refractivity contribution < 1.29 is 23.6 Å². The average Bonchev–Trinajstić information content (AvgIpc) is 3.42. The van der Waals surface area contributed by atoms with Gasteiger partial charge in [0.05, 0.1) is 12.1 Å². The van der Waals surface area contributed by atoms with Crippen molar-refractivity contribution in [2.75, 3.05) is 15.5 Å². The number of nitrogens with zero attached hydrogens (tertiary/aromatic N) is 4. The van der Waals surface area contributed by atoms with Crippen molar-refractivity contribution in [2.45, 2.75) is 25.9 Å².